The Morgan fingerprint density at radius 3 is 2.00 bits per heavy atom. The van der Waals surface area contributed by atoms with E-state index in [0.717, 1.165) is 5.19 Å². The lowest BCUT2D eigenvalue weighted by Crippen LogP contribution is -2.50. The molecule has 0 amide bonds. The minimum Gasteiger partial charge on any atom is -0.412 e. The molecule has 0 aliphatic rings. The van der Waals surface area contributed by atoms with Gasteiger partial charge in [0.1, 0.15) is 5.75 Å². The van der Waals surface area contributed by atoms with Gasteiger partial charge in [-0.1, -0.05) is 24.3 Å². The molecule has 9 heteroatoms. The van der Waals surface area contributed by atoms with Crippen molar-refractivity contribution in [1.82, 2.24) is 0 Å². The minimum absolute atomic E-state index is 0.410. The Morgan fingerprint density at radius 1 is 1.12 bits per heavy atom. The van der Waals surface area contributed by atoms with Crippen LogP contribution in [0.25, 0.3) is 0 Å². The predicted octanol–water partition coefficient (Wildman–Crippen LogP) is 3.48. The first kappa shape index (κ1) is 20.5. The smallest absolute Gasteiger partial charge is 0.412 e. The average molecular weight is 380 g/mol. The standard InChI is InChI=1S/C15H19F3O4SSi/c1-4-11-24(12-5-2,21-6-3)14-9-7-13(8-10-14)22-23(19,20)15(16,17)18/h4-5,7-10H,1-2,6,11-12H2,3H3. The van der Waals surface area contributed by atoms with Crippen molar-refractivity contribution in [2.24, 2.45) is 0 Å². The summed E-state index contributed by atoms with van der Waals surface area (Å²) in [6.45, 7) is 9.76. The number of rotatable bonds is 9. The lowest BCUT2D eigenvalue weighted by Gasteiger charge is -2.29. The molecule has 0 N–H and O–H groups in total. The van der Waals surface area contributed by atoms with Gasteiger partial charge in [0.25, 0.3) is 0 Å². The van der Waals surface area contributed by atoms with Gasteiger partial charge in [-0.25, -0.2) is 0 Å². The van der Waals surface area contributed by atoms with Crippen LogP contribution in [0.5, 0.6) is 5.75 Å². The van der Waals surface area contributed by atoms with Crippen LogP contribution in [-0.4, -0.2) is 28.9 Å². The maximum absolute atomic E-state index is 12.3. The Bertz CT molecular complexity index is 659. The molecule has 0 aliphatic heterocycles. The summed E-state index contributed by atoms with van der Waals surface area (Å²) in [7, 11) is -8.14. The molecular weight excluding hydrogens is 361 g/mol. The van der Waals surface area contributed by atoms with Crippen molar-refractivity contribution in [2.75, 3.05) is 6.61 Å². The van der Waals surface area contributed by atoms with Crippen molar-refractivity contribution in [2.45, 2.75) is 24.5 Å². The van der Waals surface area contributed by atoms with E-state index in [0.29, 0.717) is 18.7 Å². The van der Waals surface area contributed by atoms with Crippen LogP contribution < -0.4 is 9.37 Å². The van der Waals surface area contributed by atoms with Gasteiger partial charge in [0, 0.05) is 6.61 Å². The van der Waals surface area contributed by atoms with Gasteiger partial charge in [0.2, 0.25) is 8.32 Å². The zero-order valence-corrected chi connectivity index (χ0v) is 15.0. The Morgan fingerprint density at radius 2 is 1.62 bits per heavy atom. The van der Waals surface area contributed by atoms with Crippen molar-refractivity contribution in [1.29, 1.82) is 0 Å². The maximum Gasteiger partial charge on any atom is 0.534 e. The molecule has 134 valence electrons. The second kappa shape index (κ2) is 7.99. The fourth-order valence-electron chi connectivity index (χ4n) is 2.25. The molecule has 0 unspecified atom stereocenters. The van der Waals surface area contributed by atoms with Gasteiger partial charge < -0.3 is 8.61 Å². The molecule has 0 bridgehead atoms. The van der Waals surface area contributed by atoms with Gasteiger partial charge in [0.15, 0.2) is 0 Å². The van der Waals surface area contributed by atoms with Gasteiger partial charge >= 0.3 is 15.6 Å². The van der Waals surface area contributed by atoms with Crippen LogP contribution in [0, 0.1) is 0 Å². The highest BCUT2D eigenvalue weighted by Crippen LogP contribution is 2.27. The van der Waals surface area contributed by atoms with E-state index < -0.39 is 29.7 Å². The van der Waals surface area contributed by atoms with Crippen molar-refractivity contribution in [3.63, 3.8) is 0 Å². The summed E-state index contributed by atoms with van der Waals surface area (Å²) in [6.07, 6.45) is 3.45. The van der Waals surface area contributed by atoms with Crippen LogP contribution in [-0.2, 0) is 14.5 Å². The van der Waals surface area contributed by atoms with Crippen LogP contribution in [0.3, 0.4) is 0 Å². The molecule has 4 nitrogen and oxygen atoms in total. The molecule has 1 aromatic carbocycles. The quantitative estimate of drug-likeness (QED) is 0.285. The summed E-state index contributed by atoms with van der Waals surface area (Å²) in [5, 5.41) is 0.793. The monoisotopic (exact) mass is 380 g/mol. The summed E-state index contributed by atoms with van der Waals surface area (Å²) >= 11 is 0. The average Bonchev–Trinajstić information content (AvgIpc) is 2.47. The molecular formula is C15H19F3O4SSi. The fourth-order valence-corrected chi connectivity index (χ4v) is 6.01. The van der Waals surface area contributed by atoms with Gasteiger partial charge in [-0.05, 0) is 36.3 Å². The molecule has 0 saturated heterocycles. The van der Waals surface area contributed by atoms with E-state index >= 15 is 0 Å². The third-order valence-electron chi connectivity index (χ3n) is 3.24. The molecule has 24 heavy (non-hydrogen) atoms. The summed E-state index contributed by atoms with van der Waals surface area (Å²) in [6, 6.07) is 6.60. The van der Waals surface area contributed by atoms with E-state index in [1.807, 2.05) is 6.92 Å². The van der Waals surface area contributed by atoms with E-state index in [9.17, 15) is 21.6 Å². The molecule has 0 fully saturated rings. The first-order valence-electron chi connectivity index (χ1n) is 7.09. The molecule has 0 radical (unpaired) electrons. The Hall–Kier alpha value is -1.58. The Labute approximate surface area is 140 Å². The normalized spacial score (nSPS) is 12.7. The molecule has 0 aromatic heterocycles. The van der Waals surface area contributed by atoms with Gasteiger partial charge in [-0.3, -0.25) is 0 Å². The number of hydrogen-bond acceptors (Lipinski definition) is 4. The van der Waals surface area contributed by atoms with E-state index in [2.05, 4.69) is 17.3 Å². The second-order valence-electron chi connectivity index (χ2n) is 4.92. The molecule has 0 atom stereocenters. The Balaban J connectivity index is 3.15. The first-order valence-corrected chi connectivity index (χ1v) is 10.8. The number of hydrogen-bond donors (Lipinski definition) is 0. The Kier molecular flexibility index (Phi) is 6.82. The van der Waals surface area contributed by atoms with Crippen molar-refractivity contribution < 1.29 is 30.2 Å². The molecule has 1 aromatic rings. The zero-order chi connectivity index (χ0) is 18.4. The highest BCUT2D eigenvalue weighted by Gasteiger charge is 2.48. The number of halogens is 3. The summed E-state index contributed by atoms with van der Waals surface area (Å²) in [4.78, 5) is 0. The fraction of sp³-hybridized carbons (Fsp3) is 0.333. The third-order valence-corrected chi connectivity index (χ3v) is 8.34. The number of allylic oxidation sites excluding steroid dienone is 2. The number of benzene rings is 1. The van der Waals surface area contributed by atoms with E-state index in [1.54, 1.807) is 12.2 Å². The maximum atomic E-state index is 12.3. The third kappa shape index (κ3) is 4.71. The van der Waals surface area contributed by atoms with Crippen LogP contribution >= 0.6 is 0 Å². The number of alkyl halides is 3. The van der Waals surface area contributed by atoms with Crippen LogP contribution in [0.2, 0.25) is 12.1 Å². The van der Waals surface area contributed by atoms with Crippen LogP contribution in [0.15, 0.2) is 49.6 Å². The predicted molar refractivity (Wildman–Crippen MR) is 89.1 cm³/mol. The largest absolute Gasteiger partial charge is 0.534 e. The van der Waals surface area contributed by atoms with Crippen molar-refractivity contribution in [3.05, 3.63) is 49.6 Å². The van der Waals surface area contributed by atoms with Crippen LogP contribution in [0.1, 0.15) is 6.92 Å². The summed E-state index contributed by atoms with van der Waals surface area (Å²) < 4.78 is 69.1. The van der Waals surface area contributed by atoms with Crippen molar-refractivity contribution in [3.8, 4) is 5.75 Å². The van der Waals surface area contributed by atoms with E-state index in [1.165, 1.54) is 24.3 Å². The first-order chi connectivity index (χ1) is 11.1. The highest BCUT2D eigenvalue weighted by atomic mass is 32.2. The summed E-state index contributed by atoms with van der Waals surface area (Å²) in [5.41, 5.74) is -5.47. The van der Waals surface area contributed by atoms with Gasteiger partial charge in [-0.15, -0.1) is 13.2 Å². The zero-order valence-electron chi connectivity index (χ0n) is 13.2. The lowest BCUT2D eigenvalue weighted by molar-refractivity contribution is -0.0500. The molecule has 0 saturated carbocycles. The lowest BCUT2D eigenvalue weighted by atomic mass is 10.3. The minimum atomic E-state index is -5.68. The molecule has 0 aliphatic carbocycles. The van der Waals surface area contributed by atoms with E-state index in [4.69, 9.17) is 4.43 Å². The van der Waals surface area contributed by atoms with Gasteiger partial charge in [-0.2, -0.15) is 21.6 Å². The molecule has 0 heterocycles. The second-order valence-corrected chi connectivity index (χ2v) is 10.1. The molecule has 1 rings (SSSR count). The van der Waals surface area contributed by atoms with Crippen LogP contribution in [0.4, 0.5) is 13.2 Å². The van der Waals surface area contributed by atoms with Gasteiger partial charge in [0.05, 0.1) is 0 Å². The summed E-state index contributed by atoms with van der Waals surface area (Å²) in [5.74, 6) is -0.410. The van der Waals surface area contributed by atoms with Crippen molar-refractivity contribution >= 4 is 23.6 Å². The SMILES string of the molecule is C=CC[Si](CC=C)(OCC)c1ccc(OS(=O)(=O)C(F)(F)F)cc1. The topological polar surface area (TPSA) is 52.6 Å². The molecule has 0 spiro atoms. The highest BCUT2D eigenvalue weighted by molar-refractivity contribution is 7.88. The van der Waals surface area contributed by atoms with E-state index in [-0.39, 0.29) is 0 Å².